The van der Waals surface area contributed by atoms with Crippen LogP contribution in [0.15, 0.2) is 54.7 Å². The van der Waals surface area contributed by atoms with Crippen molar-refractivity contribution in [1.29, 1.82) is 0 Å². The van der Waals surface area contributed by atoms with Crippen LogP contribution < -0.4 is 9.47 Å². The van der Waals surface area contributed by atoms with Gasteiger partial charge >= 0.3 is 17.7 Å². The molecule has 9 heteroatoms. The molecule has 0 unspecified atom stereocenters. The lowest BCUT2D eigenvalue weighted by molar-refractivity contribution is -0.385. The molecule has 0 aliphatic rings. The molecule has 148 valence electrons. The highest BCUT2D eigenvalue weighted by molar-refractivity contribution is 5.90. The number of hydrogen-bond acceptors (Lipinski definition) is 8. The van der Waals surface area contributed by atoms with Gasteiger partial charge in [0.05, 0.1) is 28.9 Å². The lowest BCUT2D eigenvalue weighted by atomic mass is 10.2. The van der Waals surface area contributed by atoms with Gasteiger partial charge in [-0.1, -0.05) is 18.2 Å². The Kier molecular flexibility index (Phi) is 5.98. The summed E-state index contributed by atoms with van der Waals surface area (Å²) in [5.74, 6) is 0.220. The van der Waals surface area contributed by atoms with Gasteiger partial charge in [0.25, 0.3) is 0 Å². The Morgan fingerprint density at radius 3 is 2.52 bits per heavy atom. The van der Waals surface area contributed by atoms with Gasteiger partial charge < -0.3 is 14.2 Å². The minimum Gasteiger partial charge on any atom is -0.462 e. The van der Waals surface area contributed by atoms with E-state index in [0.717, 1.165) is 0 Å². The van der Waals surface area contributed by atoms with Gasteiger partial charge in [-0.3, -0.25) is 10.1 Å². The van der Waals surface area contributed by atoms with Crippen molar-refractivity contribution in [1.82, 2.24) is 9.97 Å². The molecule has 0 amide bonds. The molecule has 0 aliphatic heterocycles. The quantitative estimate of drug-likeness (QED) is 0.327. The van der Waals surface area contributed by atoms with Gasteiger partial charge in [-0.15, -0.1) is 0 Å². The number of carbonyl (C=O) groups is 1. The number of esters is 1. The predicted octanol–water partition coefficient (Wildman–Crippen LogP) is 4.45. The Morgan fingerprint density at radius 1 is 1.10 bits per heavy atom. The van der Waals surface area contributed by atoms with E-state index in [0.29, 0.717) is 11.4 Å². The average Bonchev–Trinajstić information content (AvgIpc) is 2.70. The van der Waals surface area contributed by atoms with Crippen LogP contribution in [0.25, 0.3) is 0 Å². The van der Waals surface area contributed by atoms with E-state index in [1.54, 1.807) is 38.1 Å². The third-order valence-electron chi connectivity index (χ3n) is 3.76. The molecule has 3 aromatic rings. The first-order valence-corrected chi connectivity index (χ1v) is 8.68. The van der Waals surface area contributed by atoms with E-state index in [-0.39, 0.29) is 35.4 Å². The van der Waals surface area contributed by atoms with Gasteiger partial charge in [0.2, 0.25) is 5.75 Å². The molecule has 0 spiro atoms. The van der Waals surface area contributed by atoms with Crippen LogP contribution >= 0.6 is 0 Å². The number of rotatable bonds is 7. The molecule has 0 fully saturated rings. The molecule has 3 rings (SSSR count). The minimum atomic E-state index is -0.590. The van der Waals surface area contributed by atoms with Crippen LogP contribution in [-0.2, 0) is 4.74 Å². The smallest absolute Gasteiger partial charge is 0.341 e. The van der Waals surface area contributed by atoms with Crippen LogP contribution in [-0.4, -0.2) is 27.5 Å². The topological polar surface area (TPSA) is 114 Å². The van der Waals surface area contributed by atoms with Crippen LogP contribution in [0.2, 0.25) is 0 Å². The maximum absolute atomic E-state index is 11.8. The van der Waals surface area contributed by atoms with E-state index in [1.807, 2.05) is 6.07 Å². The number of carbonyl (C=O) groups excluding carboxylic acids is 1. The third kappa shape index (κ3) is 4.83. The van der Waals surface area contributed by atoms with E-state index >= 15 is 0 Å². The number of nitrogens with zero attached hydrogens (tertiary/aromatic N) is 3. The van der Waals surface area contributed by atoms with Gasteiger partial charge in [0.1, 0.15) is 11.5 Å². The number of ether oxygens (including phenoxy) is 3. The average molecular weight is 395 g/mol. The molecule has 1 heterocycles. The van der Waals surface area contributed by atoms with Gasteiger partial charge in [-0.05, 0) is 38.1 Å². The SMILES string of the molecule is CCOC(=O)c1cnc(Oc2ccc(Oc3ccccc3)cc2[N+](=O)[O-])nc1C. The number of nitro groups is 1. The Balaban J connectivity index is 1.84. The maximum atomic E-state index is 11.8. The van der Waals surface area contributed by atoms with Gasteiger partial charge in [0.15, 0.2) is 0 Å². The van der Waals surface area contributed by atoms with Crippen LogP contribution in [0, 0.1) is 17.0 Å². The van der Waals surface area contributed by atoms with Crippen molar-refractivity contribution in [3.05, 3.63) is 76.1 Å². The molecule has 29 heavy (non-hydrogen) atoms. The fraction of sp³-hybridized carbons (Fsp3) is 0.150. The zero-order chi connectivity index (χ0) is 20.8. The molecule has 0 saturated heterocycles. The standard InChI is InChI=1S/C20H17N3O6/c1-3-27-19(24)16-12-21-20(22-13(16)2)29-18-10-9-15(11-17(18)23(25)26)28-14-7-5-4-6-8-14/h4-12H,3H2,1-2H3. The van der Waals surface area contributed by atoms with Crippen molar-refractivity contribution in [3.8, 4) is 23.3 Å². The normalized spacial score (nSPS) is 10.3. The molecule has 0 radical (unpaired) electrons. The second-order valence-electron chi connectivity index (χ2n) is 5.78. The number of para-hydroxylation sites is 1. The second kappa shape index (κ2) is 8.79. The molecule has 0 atom stereocenters. The molecular weight excluding hydrogens is 378 g/mol. The van der Waals surface area contributed by atoms with Crippen LogP contribution in [0.4, 0.5) is 5.69 Å². The van der Waals surface area contributed by atoms with E-state index in [1.165, 1.54) is 24.4 Å². The first-order chi connectivity index (χ1) is 14.0. The number of aromatic nitrogens is 2. The summed E-state index contributed by atoms with van der Waals surface area (Å²) in [5.41, 5.74) is 0.217. The summed E-state index contributed by atoms with van der Waals surface area (Å²) in [6, 6.07) is 12.9. The van der Waals surface area contributed by atoms with Crippen molar-refractivity contribution >= 4 is 11.7 Å². The predicted molar refractivity (Wildman–Crippen MR) is 102 cm³/mol. The fourth-order valence-electron chi connectivity index (χ4n) is 2.42. The summed E-state index contributed by atoms with van der Waals surface area (Å²) in [4.78, 5) is 30.7. The molecule has 0 bridgehead atoms. The highest BCUT2D eigenvalue weighted by Crippen LogP contribution is 2.35. The largest absolute Gasteiger partial charge is 0.462 e. The number of aryl methyl sites for hydroxylation is 1. The van der Waals surface area contributed by atoms with Crippen molar-refractivity contribution in [2.24, 2.45) is 0 Å². The summed E-state index contributed by atoms with van der Waals surface area (Å²) in [6.45, 7) is 3.50. The van der Waals surface area contributed by atoms with E-state index in [9.17, 15) is 14.9 Å². The summed E-state index contributed by atoms with van der Waals surface area (Å²) in [7, 11) is 0. The summed E-state index contributed by atoms with van der Waals surface area (Å²) in [5, 5.41) is 11.5. The lowest BCUT2D eigenvalue weighted by Gasteiger charge is -2.09. The number of hydrogen-bond donors (Lipinski definition) is 0. The van der Waals surface area contributed by atoms with Crippen molar-refractivity contribution in [2.45, 2.75) is 13.8 Å². The highest BCUT2D eigenvalue weighted by Gasteiger charge is 2.20. The second-order valence-corrected chi connectivity index (χ2v) is 5.78. The zero-order valence-corrected chi connectivity index (χ0v) is 15.7. The van der Waals surface area contributed by atoms with Gasteiger partial charge in [-0.2, -0.15) is 4.98 Å². The maximum Gasteiger partial charge on any atom is 0.341 e. The number of benzene rings is 2. The molecule has 0 N–H and O–H groups in total. The van der Waals surface area contributed by atoms with E-state index in [4.69, 9.17) is 14.2 Å². The van der Waals surface area contributed by atoms with Crippen molar-refractivity contribution < 1.29 is 23.9 Å². The monoisotopic (exact) mass is 395 g/mol. The Hall–Kier alpha value is -4.01. The van der Waals surface area contributed by atoms with Crippen LogP contribution in [0.1, 0.15) is 23.0 Å². The van der Waals surface area contributed by atoms with Gasteiger partial charge in [-0.25, -0.2) is 9.78 Å². The van der Waals surface area contributed by atoms with E-state index < -0.39 is 10.9 Å². The minimum absolute atomic E-state index is 0.0568. The van der Waals surface area contributed by atoms with Crippen molar-refractivity contribution in [2.75, 3.05) is 6.61 Å². The highest BCUT2D eigenvalue weighted by atomic mass is 16.6. The van der Waals surface area contributed by atoms with Crippen molar-refractivity contribution in [3.63, 3.8) is 0 Å². The summed E-state index contributed by atoms with van der Waals surface area (Å²) >= 11 is 0. The molecule has 0 aliphatic carbocycles. The van der Waals surface area contributed by atoms with E-state index in [2.05, 4.69) is 9.97 Å². The molecule has 2 aromatic carbocycles. The number of nitro benzene ring substituents is 1. The Bertz CT molecular complexity index is 1040. The van der Waals surface area contributed by atoms with Crippen LogP contribution in [0.5, 0.6) is 23.3 Å². The summed E-state index contributed by atoms with van der Waals surface area (Å²) < 4.78 is 16.0. The lowest BCUT2D eigenvalue weighted by Crippen LogP contribution is -2.09. The van der Waals surface area contributed by atoms with Crippen LogP contribution in [0.3, 0.4) is 0 Å². The Morgan fingerprint density at radius 2 is 1.86 bits per heavy atom. The first-order valence-electron chi connectivity index (χ1n) is 8.68. The molecular formula is C20H17N3O6. The molecule has 0 saturated carbocycles. The molecule has 1 aromatic heterocycles. The fourth-order valence-corrected chi connectivity index (χ4v) is 2.42. The van der Waals surface area contributed by atoms with Gasteiger partial charge in [0, 0.05) is 6.20 Å². The third-order valence-corrected chi connectivity index (χ3v) is 3.76. The first kappa shape index (κ1) is 19.7. The summed E-state index contributed by atoms with van der Waals surface area (Å²) in [6.07, 6.45) is 1.26. The molecule has 9 nitrogen and oxygen atoms in total. The zero-order valence-electron chi connectivity index (χ0n) is 15.7. The Labute approximate surface area is 166 Å².